The van der Waals surface area contributed by atoms with Crippen LogP contribution in [-0.4, -0.2) is 30.4 Å². The Morgan fingerprint density at radius 2 is 2.00 bits per heavy atom. The second-order valence-electron chi connectivity index (χ2n) is 5.62. The predicted octanol–water partition coefficient (Wildman–Crippen LogP) is 2.40. The second kappa shape index (κ2) is 5.37. The zero-order valence-corrected chi connectivity index (χ0v) is 12.3. The van der Waals surface area contributed by atoms with E-state index in [2.05, 4.69) is 0 Å². The van der Waals surface area contributed by atoms with Gasteiger partial charge in [0.25, 0.3) is 5.91 Å². The van der Waals surface area contributed by atoms with Crippen molar-refractivity contribution in [1.29, 1.82) is 0 Å². The number of hydrogen-bond acceptors (Lipinski definition) is 3. The van der Waals surface area contributed by atoms with Gasteiger partial charge in [-0.3, -0.25) is 4.79 Å². The zero-order valence-electron chi connectivity index (χ0n) is 12.3. The molecule has 2 atom stereocenters. The Balaban J connectivity index is 2.24. The van der Waals surface area contributed by atoms with Crippen molar-refractivity contribution in [3.05, 3.63) is 22.6 Å². The largest absolute Gasteiger partial charge is 0.466 e. The first-order chi connectivity index (χ1) is 8.97. The maximum atomic E-state index is 12.7. The van der Waals surface area contributed by atoms with Gasteiger partial charge in [-0.25, -0.2) is 0 Å². The summed E-state index contributed by atoms with van der Waals surface area (Å²) < 4.78 is 5.56. The molecule has 19 heavy (non-hydrogen) atoms. The first-order valence-corrected chi connectivity index (χ1v) is 7.01. The van der Waals surface area contributed by atoms with Crippen LogP contribution in [0.25, 0.3) is 0 Å². The molecule has 1 fully saturated rings. The van der Waals surface area contributed by atoms with E-state index >= 15 is 0 Å². The molecular weight excluding hydrogens is 240 g/mol. The van der Waals surface area contributed by atoms with Gasteiger partial charge in [-0.15, -0.1) is 0 Å². The lowest BCUT2D eigenvalue weighted by Crippen LogP contribution is -2.41. The maximum Gasteiger partial charge on any atom is 0.257 e. The minimum Gasteiger partial charge on any atom is -0.466 e. The van der Waals surface area contributed by atoms with E-state index < -0.39 is 0 Å². The third-order valence-electron chi connectivity index (χ3n) is 4.51. The number of amides is 1. The molecule has 0 spiro atoms. The van der Waals surface area contributed by atoms with Crippen LogP contribution in [0.15, 0.2) is 4.42 Å². The quantitative estimate of drug-likeness (QED) is 0.912. The van der Waals surface area contributed by atoms with Crippen molar-refractivity contribution < 1.29 is 9.21 Å². The number of furan rings is 1. The smallest absolute Gasteiger partial charge is 0.257 e. The molecular formula is C15H24N2O2. The lowest BCUT2D eigenvalue weighted by Gasteiger charge is -2.29. The van der Waals surface area contributed by atoms with Crippen LogP contribution in [0, 0.1) is 26.7 Å². The number of nitrogens with zero attached hydrogens (tertiary/aromatic N) is 1. The van der Waals surface area contributed by atoms with Crippen LogP contribution >= 0.6 is 0 Å². The Hall–Kier alpha value is -1.29. The van der Waals surface area contributed by atoms with E-state index in [0.29, 0.717) is 18.2 Å². The first-order valence-electron chi connectivity index (χ1n) is 7.01. The molecule has 0 aliphatic heterocycles. The van der Waals surface area contributed by atoms with Gasteiger partial charge >= 0.3 is 0 Å². The summed E-state index contributed by atoms with van der Waals surface area (Å²) in [6.07, 6.45) is 3.34. The molecule has 1 amide bonds. The topological polar surface area (TPSA) is 59.5 Å². The monoisotopic (exact) mass is 264 g/mol. The van der Waals surface area contributed by atoms with Crippen molar-refractivity contribution in [3.63, 3.8) is 0 Å². The Bertz CT molecular complexity index is 479. The Morgan fingerprint density at radius 3 is 2.53 bits per heavy atom. The fraction of sp³-hybridized carbons (Fsp3) is 0.667. The number of hydrogen-bond donors (Lipinski definition) is 1. The van der Waals surface area contributed by atoms with Crippen LogP contribution < -0.4 is 5.73 Å². The third kappa shape index (κ3) is 2.41. The maximum absolute atomic E-state index is 12.7. The van der Waals surface area contributed by atoms with Gasteiger partial charge in [0, 0.05) is 18.7 Å². The van der Waals surface area contributed by atoms with E-state index in [-0.39, 0.29) is 11.9 Å². The highest BCUT2D eigenvalue weighted by atomic mass is 16.3. The summed E-state index contributed by atoms with van der Waals surface area (Å²) in [5.74, 6) is 2.05. The third-order valence-corrected chi connectivity index (χ3v) is 4.51. The molecule has 1 aliphatic carbocycles. The number of nitrogens with two attached hydrogens (primary N) is 1. The standard InChI is InChI=1S/C15H24N2O2/c1-9-10(2)19-11(3)14(9)15(18)17(4)13-7-5-6-12(13)8-16/h12-13H,5-8,16H2,1-4H3. The average molecular weight is 264 g/mol. The van der Waals surface area contributed by atoms with E-state index in [1.165, 1.54) is 0 Å². The molecule has 1 heterocycles. The van der Waals surface area contributed by atoms with Gasteiger partial charge in [-0.1, -0.05) is 6.42 Å². The van der Waals surface area contributed by atoms with E-state index in [9.17, 15) is 4.79 Å². The van der Waals surface area contributed by atoms with E-state index in [4.69, 9.17) is 10.2 Å². The van der Waals surface area contributed by atoms with Gasteiger partial charge in [0.15, 0.2) is 0 Å². The molecule has 2 rings (SSSR count). The lowest BCUT2D eigenvalue weighted by molar-refractivity contribution is 0.0697. The molecule has 1 aromatic heterocycles. The predicted molar refractivity (Wildman–Crippen MR) is 75.2 cm³/mol. The molecule has 2 N–H and O–H groups in total. The van der Waals surface area contributed by atoms with E-state index in [0.717, 1.165) is 36.1 Å². The molecule has 0 radical (unpaired) electrons. The van der Waals surface area contributed by atoms with Gasteiger partial charge in [0.1, 0.15) is 11.5 Å². The lowest BCUT2D eigenvalue weighted by atomic mass is 10.0. The number of carbonyl (C=O) groups is 1. The average Bonchev–Trinajstić information content (AvgIpc) is 2.94. The fourth-order valence-corrected chi connectivity index (χ4v) is 3.24. The van der Waals surface area contributed by atoms with E-state index in [1.54, 1.807) is 0 Å². The van der Waals surface area contributed by atoms with Gasteiger partial charge in [0.05, 0.1) is 5.56 Å². The minimum absolute atomic E-state index is 0.0669. The van der Waals surface area contributed by atoms with Gasteiger partial charge in [-0.2, -0.15) is 0 Å². The highest BCUT2D eigenvalue weighted by Gasteiger charge is 2.33. The summed E-state index contributed by atoms with van der Waals surface area (Å²) in [5, 5.41) is 0. The van der Waals surface area contributed by atoms with Crippen LogP contribution in [0.1, 0.15) is 46.7 Å². The van der Waals surface area contributed by atoms with Crippen molar-refractivity contribution in [2.45, 2.75) is 46.1 Å². The van der Waals surface area contributed by atoms with Crippen LogP contribution in [0.4, 0.5) is 0 Å². The van der Waals surface area contributed by atoms with Crippen LogP contribution in [0.2, 0.25) is 0 Å². The van der Waals surface area contributed by atoms with Crippen molar-refractivity contribution in [3.8, 4) is 0 Å². The SMILES string of the molecule is Cc1oc(C)c(C(=O)N(C)C2CCCC2CN)c1C. The van der Waals surface area contributed by atoms with Crippen LogP contribution in [0.5, 0.6) is 0 Å². The summed E-state index contributed by atoms with van der Waals surface area (Å²) in [5.41, 5.74) is 7.49. The molecule has 1 saturated carbocycles. The van der Waals surface area contributed by atoms with Crippen molar-refractivity contribution in [2.75, 3.05) is 13.6 Å². The second-order valence-corrected chi connectivity index (χ2v) is 5.62. The van der Waals surface area contributed by atoms with Crippen LogP contribution in [-0.2, 0) is 0 Å². The van der Waals surface area contributed by atoms with Crippen molar-refractivity contribution >= 4 is 5.91 Å². The van der Waals surface area contributed by atoms with Crippen molar-refractivity contribution in [2.24, 2.45) is 11.7 Å². The van der Waals surface area contributed by atoms with Gasteiger partial charge in [-0.05, 0) is 46.1 Å². The summed E-state index contributed by atoms with van der Waals surface area (Å²) >= 11 is 0. The van der Waals surface area contributed by atoms with Crippen molar-refractivity contribution in [1.82, 2.24) is 4.90 Å². The number of rotatable bonds is 3. The molecule has 4 heteroatoms. The van der Waals surface area contributed by atoms with Crippen LogP contribution in [0.3, 0.4) is 0 Å². The highest BCUT2D eigenvalue weighted by molar-refractivity contribution is 5.97. The van der Waals surface area contributed by atoms with E-state index in [1.807, 2.05) is 32.7 Å². The first kappa shape index (κ1) is 14.1. The molecule has 106 valence electrons. The Morgan fingerprint density at radius 1 is 1.32 bits per heavy atom. The summed E-state index contributed by atoms with van der Waals surface area (Å²) in [6.45, 7) is 6.36. The number of aryl methyl sites for hydroxylation is 2. The summed E-state index contributed by atoms with van der Waals surface area (Å²) in [7, 11) is 1.89. The molecule has 2 unspecified atom stereocenters. The normalized spacial score (nSPS) is 22.8. The van der Waals surface area contributed by atoms with Gasteiger partial charge < -0.3 is 15.1 Å². The molecule has 1 aromatic rings. The summed E-state index contributed by atoms with van der Waals surface area (Å²) in [4.78, 5) is 14.5. The molecule has 4 nitrogen and oxygen atoms in total. The molecule has 0 aromatic carbocycles. The fourth-order valence-electron chi connectivity index (χ4n) is 3.24. The molecule has 0 saturated heterocycles. The molecule has 0 bridgehead atoms. The Kier molecular flexibility index (Phi) is 3.99. The highest BCUT2D eigenvalue weighted by Crippen LogP contribution is 2.31. The van der Waals surface area contributed by atoms with Gasteiger partial charge in [0.2, 0.25) is 0 Å². The minimum atomic E-state index is 0.0669. The Labute approximate surface area is 114 Å². The zero-order chi connectivity index (χ0) is 14.2. The molecule has 1 aliphatic rings. The summed E-state index contributed by atoms with van der Waals surface area (Å²) in [6, 6.07) is 0.270. The number of carbonyl (C=O) groups excluding carboxylic acids is 1.